The fraction of sp³-hybridized carbons (Fsp3) is 0.250. The zero-order valence-corrected chi connectivity index (χ0v) is 8.29. The number of aromatic nitrogens is 1. The van der Waals surface area contributed by atoms with E-state index in [-0.39, 0.29) is 0 Å². The number of aryl methyl sites for hydroxylation is 1. The second kappa shape index (κ2) is 2.55. The second-order valence-electron chi connectivity index (χ2n) is 2.55. The number of nitrogens with zero attached hydrogens (tertiary/aromatic N) is 2. The van der Waals surface area contributed by atoms with E-state index in [2.05, 4.69) is 38.6 Å². The Labute approximate surface area is 78.9 Å². The van der Waals surface area contributed by atoms with Crippen molar-refractivity contribution in [3.63, 3.8) is 0 Å². The van der Waals surface area contributed by atoms with E-state index in [1.54, 1.807) is 0 Å². The smallest absolute Gasteiger partial charge is 0.105 e. The molecule has 11 heavy (non-hydrogen) atoms. The van der Waals surface area contributed by atoms with Crippen molar-refractivity contribution in [1.29, 1.82) is 0 Å². The molecule has 1 aliphatic heterocycles. The first kappa shape index (κ1) is 7.21. The van der Waals surface area contributed by atoms with Crippen LogP contribution in [0.3, 0.4) is 0 Å². The van der Waals surface area contributed by atoms with Crippen molar-refractivity contribution in [3.8, 4) is 0 Å². The van der Waals surface area contributed by atoms with E-state index in [0.717, 1.165) is 21.7 Å². The van der Waals surface area contributed by atoms with Crippen LogP contribution in [-0.4, -0.2) is 8.70 Å². The fourth-order valence-electron chi connectivity index (χ4n) is 1.15. The van der Waals surface area contributed by atoms with Gasteiger partial charge in [-0.05, 0) is 41.6 Å². The largest absolute Gasteiger partial charge is 0.272 e. The van der Waals surface area contributed by atoms with E-state index >= 15 is 0 Å². The van der Waals surface area contributed by atoms with Gasteiger partial charge in [0.05, 0.1) is 12.2 Å². The number of pyridine rings is 1. The molecule has 0 spiro atoms. The Bertz CT molecular complexity index is 331. The minimum atomic E-state index is 0.759. The zero-order valence-electron chi connectivity index (χ0n) is 6.13. The Balaban J connectivity index is 2.58. The predicted octanol–water partition coefficient (Wildman–Crippen LogP) is 2.09. The van der Waals surface area contributed by atoms with E-state index in [9.17, 15) is 0 Å². The number of halogens is 1. The maximum absolute atomic E-state index is 4.38. The van der Waals surface area contributed by atoms with E-state index in [1.807, 2.05) is 13.0 Å². The Morgan fingerprint density at radius 1 is 1.45 bits per heavy atom. The third kappa shape index (κ3) is 1.17. The lowest BCUT2D eigenvalue weighted by Gasteiger charge is -1.97. The summed E-state index contributed by atoms with van der Waals surface area (Å²) < 4.78 is 1.09. The molecule has 0 saturated carbocycles. The van der Waals surface area contributed by atoms with Gasteiger partial charge in [-0.2, -0.15) is 0 Å². The molecule has 2 heterocycles. The normalized spacial score (nSPS) is 14.5. The predicted molar refractivity (Wildman–Crippen MR) is 53.2 cm³/mol. The van der Waals surface area contributed by atoms with Crippen LogP contribution in [0.4, 0.5) is 0 Å². The van der Waals surface area contributed by atoms with Crippen LogP contribution < -0.4 is 0 Å². The monoisotopic (exact) mass is 258 g/mol. The lowest BCUT2D eigenvalue weighted by molar-refractivity contribution is 0.998. The molecule has 2 rings (SSSR count). The average Bonchev–Trinajstić information content (AvgIpc) is 2.32. The summed E-state index contributed by atoms with van der Waals surface area (Å²) in [5.74, 6) is 0. The first-order valence-corrected chi connectivity index (χ1v) is 4.52. The van der Waals surface area contributed by atoms with Crippen molar-refractivity contribution in [2.45, 2.75) is 13.5 Å². The molecule has 0 radical (unpaired) electrons. The topological polar surface area (TPSA) is 25.2 Å². The van der Waals surface area contributed by atoms with Crippen LogP contribution in [0.1, 0.15) is 17.0 Å². The van der Waals surface area contributed by atoms with Crippen molar-refractivity contribution in [1.82, 2.24) is 4.98 Å². The summed E-state index contributed by atoms with van der Waals surface area (Å²) in [6.45, 7) is 2.76. The highest BCUT2D eigenvalue weighted by molar-refractivity contribution is 14.1. The van der Waals surface area contributed by atoms with Gasteiger partial charge in [0.2, 0.25) is 0 Å². The molecule has 1 aromatic heterocycles. The Morgan fingerprint density at radius 3 is 3.09 bits per heavy atom. The van der Waals surface area contributed by atoms with Crippen LogP contribution >= 0.6 is 22.6 Å². The number of rotatable bonds is 0. The molecule has 1 aliphatic rings. The molecular weight excluding hydrogens is 251 g/mol. The van der Waals surface area contributed by atoms with E-state index in [4.69, 9.17) is 0 Å². The van der Waals surface area contributed by atoms with Gasteiger partial charge in [-0.1, -0.05) is 0 Å². The molecule has 0 amide bonds. The Morgan fingerprint density at radius 2 is 2.27 bits per heavy atom. The van der Waals surface area contributed by atoms with Gasteiger partial charge < -0.3 is 0 Å². The molecule has 0 N–H and O–H groups in total. The van der Waals surface area contributed by atoms with Gasteiger partial charge in [0.15, 0.2) is 0 Å². The molecular formula is C8H7IN2. The summed E-state index contributed by atoms with van der Waals surface area (Å²) in [5.41, 5.74) is 3.40. The highest BCUT2D eigenvalue weighted by Crippen LogP contribution is 2.20. The third-order valence-corrected chi connectivity index (χ3v) is 2.63. The molecule has 56 valence electrons. The highest BCUT2D eigenvalue weighted by atomic mass is 127. The summed E-state index contributed by atoms with van der Waals surface area (Å²) in [7, 11) is 0. The lowest BCUT2D eigenvalue weighted by Crippen LogP contribution is -1.93. The Hall–Kier alpha value is -0.450. The third-order valence-electron chi connectivity index (χ3n) is 1.70. The maximum Gasteiger partial charge on any atom is 0.105 e. The minimum Gasteiger partial charge on any atom is -0.272 e. The van der Waals surface area contributed by atoms with Crippen LogP contribution in [-0.2, 0) is 6.54 Å². The van der Waals surface area contributed by atoms with E-state index in [1.165, 1.54) is 5.56 Å². The van der Waals surface area contributed by atoms with Crippen LogP contribution in [0, 0.1) is 6.92 Å². The standard InChI is InChI=1S/C8H7IN2/c1-5-2-3-6-7(11-5)4-10-8(6)9/h2-3H,4H2,1H3. The van der Waals surface area contributed by atoms with Gasteiger partial charge in [0.1, 0.15) is 3.72 Å². The summed E-state index contributed by atoms with van der Waals surface area (Å²) in [5, 5.41) is 0. The lowest BCUT2D eigenvalue weighted by atomic mass is 10.2. The summed E-state index contributed by atoms with van der Waals surface area (Å²) >= 11 is 2.25. The minimum absolute atomic E-state index is 0.759. The first-order valence-electron chi connectivity index (χ1n) is 3.44. The Kier molecular flexibility index (Phi) is 1.67. The SMILES string of the molecule is Cc1ccc2c(n1)CN=C2I. The quantitative estimate of drug-likeness (QED) is 0.654. The first-order chi connectivity index (χ1) is 5.27. The molecule has 0 atom stereocenters. The van der Waals surface area contributed by atoms with Gasteiger partial charge in [-0.25, -0.2) is 0 Å². The van der Waals surface area contributed by atoms with E-state index in [0.29, 0.717) is 0 Å². The van der Waals surface area contributed by atoms with Gasteiger partial charge in [-0.3, -0.25) is 9.98 Å². The van der Waals surface area contributed by atoms with Crippen molar-refractivity contribution in [3.05, 3.63) is 29.1 Å². The van der Waals surface area contributed by atoms with Crippen LogP contribution in [0.25, 0.3) is 0 Å². The van der Waals surface area contributed by atoms with E-state index < -0.39 is 0 Å². The molecule has 0 aliphatic carbocycles. The molecule has 1 aromatic rings. The molecule has 0 aromatic carbocycles. The van der Waals surface area contributed by atoms with Crippen LogP contribution in [0.5, 0.6) is 0 Å². The van der Waals surface area contributed by atoms with Gasteiger partial charge in [-0.15, -0.1) is 0 Å². The number of aliphatic imine (C=N–C) groups is 1. The number of hydrogen-bond acceptors (Lipinski definition) is 2. The molecule has 0 saturated heterocycles. The average molecular weight is 258 g/mol. The van der Waals surface area contributed by atoms with Gasteiger partial charge in [0.25, 0.3) is 0 Å². The number of hydrogen-bond donors (Lipinski definition) is 0. The maximum atomic E-state index is 4.38. The van der Waals surface area contributed by atoms with Crippen molar-refractivity contribution >= 4 is 26.3 Å². The second-order valence-corrected chi connectivity index (χ2v) is 3.58. The van der Waals surface area contributed by atoms with Crippen molar-refractivity contribution in [2.75, 3.05) is 0 Å². The summed E-state index contributed by atoms with van der Waals surface area (Å²) in [6, 6.07) is 4.12. The molecule has 0 bridgehead atoms. The van der Waals surface area contributed by atoms with Crippen molar-refractivity contribution in [2.24, 2.45) is 4.99 Å². The molecule has 0 unspecified atom stereocenters. The number of fused-ring (bicyclic) bond motifs is 1. The van der Waals surface area contributed by atoms with Gasteiger partial charge in [0, 0.05) is 11.3 Å². The zero-order chi connectivity index (χ0) is 7.84. The molecule has 3 heteroatoms. The summed E-state index contributed by atoms with van der Waals surface area (Å²) in [4.78, 5) is 8.67. The highest BCUT2D eigenvalue weighted by Gasteiger charge is 2.13. The van der Waals surface area contributed by atoms with Crippen LogP contribution in [0.15, 0.2) is 17.1 Å². The molecule has 0 fully saturated rings. The van der Waals surface area contributed by atoms with Crippen molar-refractivity contribution < 1.29 is 0 Å². The van der Waals surface area contributed by atoms with Crippen LogP contribution in [0.2, 0.25) is 0 Å². The molecule has 2 nitrogen and oxygen atoms in total. The fourth-order valence-corrected chi connectivity index (χ4v) is 1.81. The summed E-state index contributed by atoms with van der Waals surface area (Å²) in [6.07, 6.45) is 0. The van der Waals surface area contributed by atoms with Gasteiger partial charge >= 0.3 is 0 Å².